The molecule has 1 aromatic rings. The van der Waals surface area contributed by atoms with Crippen LogP contribution in [0.15, 0.2) is 18.5 Å². The molecule has 0 aromatic carbocycles. The molecule has 0 spiro atoms. The highest BCUT2D eigenvalue weighted by Crippen LogP contribution is 2.41. The first kappa shape index (κ1) is 14.5. The zero-order valence-corrected chi connectivity index (χ0v) is 10.7. The van der Waals surface area contributed by atoms with Crippen molar-refractivity contribution in [3.05, 3.63) is 18.5 Å². The lowest BCUT2D eigenvalue weighted by molar-refractivity contribution is -0.198. The topological polar surface area (TPSA) is 66.9 Å². The van der Waals surface area contributed by atoms with Gasteiger partial charge in [-0.2, -0.15) is 13.2 Å². The fourth-order valence-electron chi connectivity index (χ4n) is 2.41. The van der Waals surface area contributed by atoms with Crippen molar-refractivity contribution in [3.8, 4) is 0 Å². The summed E-state index contributed by atoms with van der Waals surface area (Å²) in [4.78, 5) is 19.5. The van der Waals surface area contributed by atoms with Gasteiger partial charge in [-0.3, -0.25) is 15.6 Å². The second-order valence-electron chi connectivity index (χ2n) is 4.73. The van der Waals surface area contributed by atoms with Crippen molar-refractivity contribution in [1.82, 2.24) is 15.4 Å². The minimum atomic E-state index is -4.34. The fraction of sp³-hybridized carbons (Fsp3) is 0.583. The normalized spacial score (nSPS) is 23.1. The number of alkyl halides is 3. The van der Waals surface area contributed by atoms with Crippen molar-refractivity contribution in [2.24, 2.45) is 11.8 Å². The van der Waals surface area contributed by atoms with E-state index in [0.717, 1.165) is 0 Å². The number of hydrogen-bond donors (Lipinski definition) is 2. The van der Waals surface area contributed by atoms with E-state index in [9.17, 15) is 18.0 Å². The molecule has 1 aromatic heterocycles. The Hall–Kier alpha value is -1.86. The van der Waals surface area contributed by atoms with Gasteiger partial charge in [0.1, 0.15) is 0 Å². The highest BCUT2D eigenvalue weighted by molar-refractivity contribution is 5.80. The summed E-state index contributed by atoms with van der Waals surface area (Å²) in [6.07, 6.45) is -0.0423. The van der Waals surface area contributed by atoms with Gasteiger partial charge < -0.3 is 0 Å². The molecular formula is C12H15F3N4O. The third-order valence-electron chi connectivity index (χ3n) is 3.39. The summed E-state index contributed by atoms with van der Waals surface area (Å²) in [5.41, 5.74) is 4.68. The van der Waals surface area contributed by atoms with E-state index in [1.807, 2.05) is 0 Å². The van der Waals surface area contributed by atoms with E-state index < -0.39 is 23.9 Å². The number of rotatable bonds is 3. The minimum Gasteiger partial charge on any atom is -0.273 e. The Morgan fingerprint density at radius 1 is 1.20 bits per heavy atom. The molecule has 0 radical (unpaired) electrons. The number of aromatic nitrogens is 2. The van der Waals surface area contributed by atoms with Crippen molar-refractivity contribution in [2.75, 3.05) is 5.43 Å². The van der Waals surface area contributed by atoms with Crippen LogP contribution in [0.4, 0.5) is 19.1 Å². The van der Waals surface area contributed by atoms with E-state index in [1.54, 1.807) is 6.07 Å². The number of hydrogen-bond acceptors (Lipinski definition) is 4. The lowest BCUT2D eigenvalue weighted by atomic mass is 9.78. The predicted molar refractivity (Wildman–Crippen MR) is 65.3 cm³/mol. The number of amides is 1. The maximum Gasteiger partial charge on any atom is 0.392 e. The van der Waals surface area contributed by atoms with Crippen molar-refractivity contribution in [2.45, 2.75) is 31.9 Å². The zero-order valence-electron chi connectivity index (χ0n) is 10.7. The molecule has 1 aliphatic carbocycles. The van der Waals surface area contributed by atoms with Crippen molar-refractivity contribution < 1.29 is 18.0 Å². The van der Waals surface area contributed by atoms with Crippen LogP contribution in [0.1, 0.15) is 25.7 Å². The van der Waals surface area contributed by atoms with Crippen LogP contribution < -0.4 is 10.9 Å². The molecule has 8 heteroatoms. The van der Waals surface area contributed by atoms with Crippen LogP contribution >= 0.6 is 0 Å². The molecule has 1 saturated carbocycles. The van der Waals surface area contributed by atoms with Crippen molar-refractivity contribution in [1.29, 1.82) is 0 Å². The van der Waals surface area contributed by atoms with Crippen LogP contribution in [0.2, 0.25) is 0 Å². The van der Waals surface area contributed by atoms with Gasteiger partial charge in [0.05, 0.1) is 11.8 Å². The molecular weight excluding hydrogens is 273 g/mol. The summed E-state index contributed by atoms with van der Waals surface area (Å²) in [7, 11) is 0. The molecule has 1 aliphatic rings. The summed E-state index contributed by atoms with van der Waals surface area (Å²) in [6.45, 7) is 0. The number of nitrogens with one attached hydrogen (secondary N) is 2. The Morgan fingerprint density at radius 2 is 1.85 bits per heavy atom. The number of carbonyl (C=O) groups is 1. The van der Waals surface area contributed by atoms with E-state index in [0.29, 0.717) is 12.8 Å². The second-order valence-corrected chi connectivity index (χ2v) is 4.73. The molecule has 2 rings (SSSR count). The molecule has 2 N–H and O–H groups in total. The Bertz CT molecular complexity index is 452. The van der Waals surface area contributed by atoms with Crippen LogP contribution in [-0.2, 0) is 4.79 Å². The Balaban J connectivity index is 1.96. The first-order chi connectivity index (χ1) is 9.48. The van der Waals surface area contributed by atoms with Gasteiger partial charge in [-0.05, 0) is 18.9 Å². The molecule has 5 nitrogen and oxygen atoms in total. The first-order valence-electron chi connectivity index (χ1n) is 6.38. The van der Waals surface area contributed by atoms with Crippen LogP contribution in [0.3, 0.4) is 0 Å². The second kappa shape index (κ2) is 6.06. The Morgan fingerprint density at radius 3 is 2.50 bits per heavy atom. The van der Waals surface area contributed by atoms with Gasteiger partial charge in [0.15, 0.2) is 0 Å². The van der Waals surface area contributed by atoms with Crippen molar-refractivity contribution in [3.63, 3.8) is 0 Å². The van der Waals surface area contributed by atoms with Gasteiger partial charge in [-0.1, -0.05) is 12.8 Å². The van der Waals surface area contributed by atoms with E-state index in [4.69, 9.17) is 0 Å². The van der Waals surface area contributed by atoms with Gasteiger partial charge >= 0.3 is 6.18 Å². The third-order valence-corrected chi connectivity index (χ3v) is 3.39. The molecule has 1 fully saturated rings. The lowest BCUT2D eigenvalue weighted by Gasteiger charge is -2.31. The number of halogens is 3. The van der Waals surface area contributed by atoms with Crippen LogP contribution in [0.25, 0.3) is 0 Å². The summed E-state index contributed by atoms with van der Waals surface area (Å²) in [6, 6.07) is 1.59. The summed E-state index contributed by atoms with van der Waals surface area (Å²) >= 11 is 0. The predicted octanol–water partition coefficient (Wildman–Crippen LogP) is 2.29. The van der Waals surface area contributed by atoms with Crippen molar-refractivity contribution >= 4 is 11.9 Å². The molecule has 0 saturated heterocycles. The maximum atomic E-state index is 12.9. The molecule has 0 bridgehead atoms. The molecule has 1 amide bonds. The molecule has 20 heavy (non-hydrogen) atoms. The average molecular weight is 288 g/mol. The zero-order chi connectivity index (χ0) is 14.6. The number of anilines is 1. The summed E-state index contributed by atoms with van der Waals surface area (Å²) < 4.78 is 38.7. The molecule has 110 valence electrons. The van der Waals surface area contributed by atoms with Gasteiger partial charge in [-0.25, -0.2) is 9.97 Å². The first-order valence-corrected chi connectivity index (χ1v) is 6.38. The standard InChI is InChI=1S/C12H15F3N4O/c13-12(14,15)9-5-2-1-4-8(9)10(20)18-19-11-16-6-3-7-17-11/h3,6-9H,1-2,4-5H2,(H,18,20)(H,16,17,19)/t8-,9+/m0/s1. The molecule has 1 heterocycles. The summed E-state index contributed by atoms with van der Waals surface area (Å²) in [5, 5.41) is 0. The Kier molecular flexibility index (Phi) is 4.41. The van der Waals surface area contributed by atoms with Crippen LogP contribution in [0, 0.1) is 11.8 Å². The maximum absolute atomic E-state index is 12.9. The number of nitrogens with zero attached hydrogens (tertiary/aromatic N) is 2. The highest BCUT2D eigenvalue weighted by Gasteiger charge is 2.48. The van der Waals surface area contributed by atoms with Gasteiger partial charge in [-0.15, -0.1) is 0 Å². The number of carbonyl (C=O) groups excluding carboxylic acids is 1. The lowest BCUT2D eigenvalue weighted by Crippen LogP contribution is -2.44. The van der Waals surface area contributed by atoms with E-state index in [2.05, 4.69) is 20.8 Å². The van der Waals surface area contributed by atoms with E-state index >= 15 is 0 Å². The summed E-state index contributed by atoms with van der Waals surface area (Å²) in [5.74, 6) is -3.16. The van der Waals surface area contributed by atoms with Gasteiger partial charge in [0.25, 0.3) is 0 Å². The van der Waals surface area contributed by atoms with Gasteiger partial charge in [0, 0.05) is 12.4 Å². The molecule has 0 aliphatic heterocycles. The fourth-order valence-corrected chi connectivity index (χ4v) is 2.41. The molecule has 2 atom stereocenters. The quantitative estimate of drug-likeness (QED) is 0.837. The van der Waals surface area contributed by atoms with E-state index in [1.165, 1.54) is 12.4 Å². The van der Waals surface area contributed by atoms with Gasteiger partial charge in [0.2, 0.25) is 11.9 Å². The largest absolute Gasteiger partial charge is 0.392 e. The van der Waals surface area contributed by atoms with Crippen LogP contribution in [0.5, 0.6) is 0 Å². The smallest absolute Gasteiger partial charge is 0.273 e. The SMILES string of the molecule is O=C(NNc1ncccn1)[C@H]1CCCC[C@H]1C(F)(F)F. The number of hydrazine groups is 1. The van der Waals surface area contributed by atoms with Crippen LogP contribution in [-0.4, -0.2) is 22.1 Å². The average Bonchev–Trinajstić information content (AvgIpc) is 2.45. The molecule has 0 unspecified atom stereocenters. The minimum absolute atomic E-state index is 0.00340. The highest BCUT2D eigenvalue weighted by atomic mass is 19.4. The third kappa shape index (κ3) is 3.58. The Labute approximate surface area is 114 Å². The monoisotopic (exact) mass is 288 g/mol. The van der Waals surface area contributed by atoms with E-state index in [-0.39, 0.29) is 18.8 Å².